The first-order valence-electron chi connectivity index (χ1n) is 5.78. The second-order valence-electron chi connectivity index (χ2n) is 4.05. The second-order valence-corrected chi connectivity index (χ2v) is 5.62. The summed E-state index contributed by atoms with van der Waals surface area (Å²) in [6, 6.07) is 9.16. The van der Waals surface area contributed by atoms with E-state index < -0.39 is 0 Å². The number of nitrogen functional groups attached to an aromatic ring is 1. The summed E-state index contributed by atoms with van der Waals surface area (Å²) in [5.74, 6) is 1.23. The Morgan fingerprint density at radius 1 is 1.05 bits per heavy atom. The highest BCUT2D eigenvalue weighted by Gasteiger charge is 2.11. The maximum Gasteiger partial charge on any atom is 0.144 e. The van der Waals surface area contributed by atoms with Gasteiger partial charge in [-0.25, -0.2) is 0 Å². The van der Waals surface area contributed by atoms with Gasteiger partial charge in [-0.15, -0.1) is 0 Å². The van der Waals surface area contributed by atoms with Crippen molar-refractivity contribution in [2.24, 2.45) is 0 Å². The van der Waals surface area contributed by atoms with Gasteiger partial charge in [0.05, 0.1) is 30.6 Å². The van der Waals surface area contributed by atoms with Gasteiger partial charge in [0.25, 0.3) is 0 Å². The van der Waals surface area contributed by atoms with Gasteiger partial charge < -0.3 is 20.5 Å². The van der Waals surface area contributed by atoms with Crippen molar-refractivity contribution in [1.29, 1.82) is 0 Å². The number of nitrogens with two attached hydrogens (primary N) is 1. The molecule has 0 aliphatic heterocycles. The molecule has 2 rings (SSSR count). The van der Waals surface area contributed by atoms with Crippen molar-refractivity contribution in [2.75, 3.05) is 25.3 Å². The van der Waals surface area contributed by atoms with Crippen LogP contribution in [0.4, 0.5) is 17.1 Å². The Hall–Kier alpha value is -1.34. The van der Waals surface area contributed by atoms with Crippen LogP contribution in [0.15, 0.2) is 30.3 Å². The molecule has 0 aliphatic carbocycles. The molecule has 0 fully saturated rings. The number of rotatable bonds is 4. The van der Waals surface area contributed by atoms with Crippen LogP contribution >= 0.6 is 34.2 Å². The molecular formula is C14H14ClIN2O2. The van der Waals surface area contributed by atoms with Gasteiger partial charge in [0.1, 0.15) is 11.5 Å². The van der Waals surface area contributed by atoms with Gasteiger partial charge in [0.15, 0.2) is 0 Å². The summed E-state index contributed by atoms with van der Waals surface area (Å²) < 4.78 is 11.6. The Labute approximate surface area is 136 Å². The van der Waals surface area contributed by atoms with Gasteiger partial charge in [0, 0.05) is 21.4 Å². The molecule has 0 spiro atoms. The van der Waals surface area contributed by atoms with E-state index in [0.717, 1.165) is 20.6 Å². The Balaban J connectivity index is 2.41. The molecule has 0 bridgehead atoms. The van der Waals surface area contributed by atoms with Crippen molar-refractivity contribution in [1.82, 2.24) is 0 Å². The quantitative estimate of drug-likeness (QED) is 0.590. The molecule has 0 saturated carbocycles. The zero-order chi connectivity index (χ0) is 14.7. The fraction of sp³-hybridized carbons (Fsp3) is 0.143. The fourth-order valence-electron chi connectivity index (χ4n) is 1.74. The molecule has 0 heterocycles. The minimum Gasteiger partial charge on any atom is -0.495 e. The Kier molecular flexibility index (Phi) is 4.82. The summed E-state index contributed by atoms with van der Waals surface area (Å²) in [6.07, 6.45) is 0. The number of ether oxygens (including phenoxy) is 2. The van der Waals surface area contributed by atoms with Crippen molar-refractivity contribution in [2.45, 2.75) is 0 Å². The molecule has 0 atom stereocenters. The highest BCUT2D eigenvalue weighted by Crippen LogP contribution is 2.38. The summed E-state index contributed by atoms with van der Waals surface area (Å²) in [5.41, 5.74) is 8.18. The van der Waals surface area contributed by atoms with Crippen molar-refractivity contribution < 1.29 is 9.47 Å². The molecule has 6 heteroatoms. The van der Waals surface area contributed by atoms with E-state index in [1.165, 1.54) is 0 Å². The van der Waals surface area contributed by atoms with Crippen molar-refractivity contribution in [3.8, 4) is 11.5 Å². The number of nitrogens with one attached hydrogen (secondary N) is 1. The molecule has 3 N–H and O–H groups in total. The molecule has 0 unspecified atom stereocenters. The molecular weight excluding hydrogens is 391 g/mol. The number of halogens is 2. The largest absolute Gasteiger partial charge is 0.495 e. The SMILES string of the molecule is COc1cc(Nc2ccc(N)cc2I)c(OC)cc1Cl. The standard InChI is InChI=1S/C14H14ClIN2O2/c1-19-13-7-12(14(20-2)6-9(13)15)18-11-4-3-8(17)5-10(11)16/h3-7,18H,17H2,1-2H3. The third-order valence-electron chi connectivity index (χ3n) is 2.74. The number of methoxy groups -OCH3 is 2. The molecule has 2 aromatic rings. The highest BCUT2D eigenvalue weighted by molar-refractivity contribution is 14.1. The van der Waals surface area contributed by atoms with E-state index in [-0.39, 0.29) is 0 Å². The molecule has 0 radical (unpaired) electrons. The van der Waals surface area contributed by atoms with E-state index in [9.17, 15) is 0 Å². The lowest BCUT2D eigenvalue weighted by Crippen LogP contribution is -1.98. The van der Waals surface area contributed by atoms with Crippen molar-refractivity contribution >= 4 is 51.3 Å². The van der Waals surface area contributed by atoms with E-state index in [1.54, 1.807) is 26.4 Å². The number of benzene rings is 2. The van der Waals surface area contributed by atoms with Crippen molar-refractivity contribution in [3.05, 3.63) is 38.9 Å². The first-order chi connectivity index (χ1) is 9.55. The zero-order valence-electron chi connectivity index (χ0n) is 11.0. The van der Waals surface area contributed by atoms with Crippen LogP contribution in [-0.4, -0.2) is 14.2 Å². The van der Waals surface area contributed by atoms with Crippen LogP contribution in [-0.2, 0) is 0 Å². The number of hydrogen-bond acceptors (Lipinski definition) is 4. The number of anilines is 3. The lowest BCUT2D eigenvalue weighted by molar-refractivity contribution is 0.405. The molecule has 106 valence electrons. The molecule has 4 nitrogen and oxygen atoms in total. The Bertz CT molecular complexity index is 635. The minimum atomic E-state index is 0.502. The molecule has 0 aliphatic rings. The third-order valence-corrected chi connectivity index (χ3v) is 3.92. The summed E-state index contributed by atoms with van der Waals surface area (Å²) in [6.45, 7) is 0. The van der Waals surface area contributed by atoms with Crippen molar-refractivity contribution in [3.63, 3.8) is 0 Å². The predicted octanol–water partition coefficient (Wildman–Crippen LogP) is 4.29. The summed E-state index contributed by atoms with van der Waals surface area (Å²) in [7, 11) is 3.17. The van der Waals surface area contributed by atoms with Crippen LogP contribution in [0.5, 0.6) is 11.5 Å². The van der Waals surface area contributed by atoms with Crippen LogP contribution in [0.3, 0.4) is 0 Å². The molecule has 2 aromatic carbocycles. The number of hydrogen-bond donors (Lipinski definition) is 2. The Morgan fingerprint density at radius 3 is 2.35 bits per heavy atom. The van der Waals surface area contributed by atoms with Gasteiger partial charge in [-0.1, -0.05) is 11.6 Å². The average molecular weight is 405 g/mol. The lowest BCUT2D eigenvalue weighted by atomic mass is 10.2. The molecule has 0 amide bonds. The fourth-order valence-corrected chi connectivity index (χ4v) is 2.64. The predicted molar refractivity (Wildman–Crippen MR) is 91.4 cm³/mol. The van der Waals surface area contributed by atoms with Gasteiger partial charge in [0.2, 0.25) is 0 Å². The monoisotopic (exact) mass is 404 g/mol. The minimum absolute atomic E-state index is 0.502. The lowest BCUT2D eigenvalue weighted by Gasteiger charge is -2.15. The van der Waals surface area contributed by atoms with Gasteiger partial charge >= 0.3 is 0 Å². The third kappa shape index (κ3) is 3.21. The molecule has 0 aromatic heterocycles. The first-order valence-corrected chi connectivity index (χ1v) is 7.24. The molecule has 20 heavy (non-hydrogen) atoms. The van der Waals surface area contributed by atoms with Crippen LogP contribution in [0, 0.1) is 3.57 Å². The molecule has 0 saturated heterocycles. The normalized spacial score (nSPS) is 10.2. The van der Waals surface area contributed by atoms with E-state index in [1.807, 2.05) is 18.2 Å². The summed E-state index contributed by atoms with van der Waals surface area (Å²) in [5, 5.41) is 3.80. The van der Waals surface area contributed by atoms with Gasteiger partial charge in [-0.3, -0.25) is 0 Å². The summed E-state index contributed by atoms with van der Waals surface area (Å²) >= 11 is 8.31. The highest BCUT2D eigenvalue weighted by atomic mass is 127. The maximum atomic E-state index is 6.08. The zero-order valence-corrected chi connectivity index (χ0v) is 13.9. The van der Waals surface area contributed by atoms with Gasteiger partial charge in [-0.05, 0) is 40.8 Å². The van der Waals surface area contributed by atoms with E-state index in [2.05, 4.69) is 27.9 Å². The Morgan fingerprint density at radius 2 is 1.75 bits per heavy atom. The van der Waals surface area contributed by atoms with Crippen LogP contribution in [0.1, 0.15) is 0 Å². The summed E-state index contributed by atoms with van der Waals surface area (Å²) in [4.78, 5) is 0. The van der Waals surface area contributed by atoms with Crippen LogP contribution < -0.4 is 20.5 Å². The van der Waals surface area contributed by atoms with E-state index >= 15 is 0 Å². The van der Waals surface area contributed by atoms with E-state index in [0.29, 0.717) is 16.5 Å². The second kappa shape index (κ2) is 6.41. The smallest absolute Gasteiger partial charge is 0.144 e. The average Bonchev–Trinajstić information content (AvgIpc) is 2.43. The van der Waals surface area contributed by atoms with Crippen LogP contribution in [0.25, 0.3) is 0 Å². The van der Waals surface area contributed by atoms with Crippen LogP contribution in [0.2, 0.25) is 5.02 Å². The topological polar surface area (TPSA) is 56.5 Å². The maximum absolute atomic E-state index is 6.08. The first kappa shape index (κ1) is 15.1. The van der Waals surface area contributed by atoms with E-state index in [4.69, 9.17) is 26.8 Å². The van der Waals surface area contributed by atoms with Gasteiger partial charge in [-0.2, -0.15) is 0 Å².